The second-order valence-corrected chi connectivity index (χ2v) is 9.96. The maximum absolute atomic E-state index is 15.1. The summed E-state index contributed by atoms with van der Waals surface area (Å²) in [5, 5.41) is 0.765. The molecule has 2 aliphatic rings. The highest BCUT2D eigenvalue weighted by Gasteiger charge is 2.71. The van der Waals surface area contributed by atoms with Crippen LogP contribution in [0.25, 0.3) is 11.1 Å². The highest BCUT2D eigenvalue weighted by molar-refractivity contribution is 9.09. The molecule has 2 aliphatic carbocycles. The fourth-order valence-electron chi connectivity index (χ4n) is 6.55. The minimum atomic E-state index is -0.715. The van der Waals surface area contributed by atoms with Gasteiger partial charge >= 0.3 is 0 Å². The van der Waals surface area contributed by atoms with Crippen LogP contribution in [0, 0.1) is 5.92 Å². The zero-order valence-electron chi connectivity index (χ0n) is 18.8. The van der Waals surface area contributed by atoms with Gasteiger partial charge in [0.2, 0.25) is 0 Å². The lowest BCUT2D eigenvalue weighted by Crippen LogP contribution is -2.39. The predicted octanol–water partition coefficient (Wildman–Crippen LogP) is 7.47. The van der Waals surface area contributed by atoms with Crippen molar-refractivity contribution in [2.75, 3.05) is 5.33 Å². The molecule has 0 amide bonds. The Balaban J connectivity index is 1.81. The molecule has 0 aliphatic heterocycles. The molecule has 166 valence electrons. The molecule has 0 heterocycles. The Hall–Kier alpha value is -3.23. The predicted molar refractivity (Wildman–Crippen MR) is 143 cm³/mol. The third-order valence-corrected chi connectivity index (χ3v) is 8.57. The number of fused-ring (bicyclic) bond motifs is 2. The Labute approximate surface area is 209 Å². The maximum Gasteiger partial charge on any atom is 0.163 e. The number of allylic oxidation sites excluding steroid dienone is 2. The van der Waals surface area contributed by atoms with Gasteiger partial charge in [-0.15, -0.1) is 0 Å². The van der Waals surface area contributed by atoms with Crippen molar-refractivity contribution in [1.29, 1.82) is 0 Å². The van der Waals surface area contributed by atoms with Crippen molar-refractivity contribution in [2.45, 2.75) is 17.3 Å². The number of carbonyl (C=O) groups is 1. The lowest BCUT2D eigenvalue weighted by Gasteiger charge is -2.38. The van der Waals surface area contributed by atoms with Crippen molar-refractivity contribution in [1.82, 2.24) is 0 Å². The maximum atomic E-state index is 15.1. The van der Waals surface area contributed by atoms with E-state index in [-0.39, 0.29) is 5.92 Å². The van der Waals surface area contributed by atoms with E-state index >= 15 is 4.79 Å². The van der Waals surface area contributed by atoms with Crippen LogP contribution in [0.3, 0.4) is 0 Å². The Morgan fingerprint density at radius 1 is 0.618 bits per heavy atom. The standard InChI is InChI=1S/C32H25BrO/c33-22-27-21-31(25-17-9-3-10-18-25)28(23-13-5-1-6-14-23)29(24-15-7-2-8-16-24)32(27,30(31)34)26-19-11-4-12-20-26/h1-20,27H,21-22H2. The Morgan fingerprint density at radius 3 is 1.56 bits per heavy atom. The van der Waals surface area contributed by atoms with Gasteiger partial charge in [0, 0.05) is 5.33 Å². The molecule has 2 heteroatoms. The van der Waals surface area contributed by atoms with Gasteiger partial charge in [-0.1, -0.05) is 137 Å². The van der Waals surface area contributed by atoms with Crippen molar-refractivity contribution in [2.24, 2.45) is 5.92 Å². The second kappa shape index (κ2) is 8.21. The first-order valence-corrected chi connectivity index (χ1v) is 12.9. The van der Waals surface area contributed by atoms with Crippen molar-refractivity contribution in [3.05, 3.63) is 144 Å². The van der Waals surface area contributed by atoms with Gasteiger partial charge in [-0.2, -0.15) is 0 Å². The molecule has 3 atom stereocenters. The van der Waals surface area contributed by atoms with Gasteiger partial charge in [0.1, 0.15) is 0 Å². The summed E-state index contributed by atoms with van der Waals surface area (Å²) in [6, 6.07) is 42.0. The van der Waals surface area contributed by atoms with Crippen LogP contribution in [-0.4, -0.2) is 11.1 Å². The molecule has 34 heavy (non-hydrogen) atoms. The summed E-state index contributed by atoms with van der Waals surface area (Å²) in [4.78, 5) is 15.1. The fourth-order valence-corrected chi connectivity index (χ4v) is 7.27. The molecule has 0 spiro atoms. The van der Waals surface area contributed by atoms with Gasteiger partial charge < -0.3 is 0 Å². The largest absolute Gasteiger partial charge is 0.297 e. The molecule has 6 rings (SSSR count). The molecule has 1 nitrogen and oxygen atoms in total. The van der Waals surface area contributed by atoms with Gasteiger partial charge in [-0.3, -0.25) is 4.79 Å². The van der Waals surface area contributed by atoms with E-state index in [1.165, 1.54) is 0 Å². The highest BCUT2D eigenvalue weighted by atomic mass is 79.9. The van der Waals surface area contributed by atoms with E-state index in [0.29, 0.717) is 5.78 Å². The normalized spacial score (nSPS) is 25.7. The average Bonchev–Trinajstić information content (AvgIpc) is 3.32. The third-order valence-electron chi connectivity index (χ3n) is 7.79. The summed E-state index contributed by atoms with van der Waals surface area (Å²) < 4.78 is 0. The van der Waals surface area contributed by atoms with Crippen LogP contribution in [0.5, 0.6) is 0 Å². The Morgan fingerprint density at radius 2 is 1.06 bits per heavy atom. The minimum absolute atomic E-state index is 0.144. The summed E-state index contributed by atoms with van der Waals surface area (Å²) in [5.41, 5.74) is 5.36. The van der Waals surface area contributed by atoms with Crippen LogP contribution < -0.4 is 0 Å². The van der Waals surface area contributed by atoms with Crippen LogP contribution in [0.2, 0.25) is 0 Å². The Kier molecular flexibility index (Phi) is 5.15. The molecule has 0 radical (unpaired) electrons. The molecule has 1 saturated carbocycles. The smallest absolute Gasteiger partial charge is 0.163 e. The third kappa shape index (κ3) is 2.75. The number of rotatable bonds is 5. The number of alkyl halides is 1. The average molecular weight is 505 g/mol. The van der Waals surface area contributed by atoms with Gasteiger partial charge in [0.15, 0.2) is 5.78 Å². The second-order valence-electron chi connectivity index (χ2n) is 9.31. The monoisotopic (exact) mass is 504 g/mol. The molecule has 4 aromatic carbocycles. The van der Waals surface area contributed by atoms with Gasteiger partial charge in [-0.25, -0.2) is 0 Å². The molecule has 0 saturated heterocycles. The first-order chi connectivity index (χ1) is 16.7. The van der Waals surface area contributed by atoms with Crippen LogP contribution in [-0.2, 0) is 15.6 Å². The van der Waals surface area contributed by atoms with Crippen LogP contribution in [0.15, 0.2) is 121 Å². The van der Waals surface area contributed by atoms with E-state index in [0.717, 1.165) is 45.2 Å². The summed E-state index contributed by atoms with van der Waals surface area (Å²) >= 11 is 3.84. The number of hydrogen-bond acceptors (Lipinski definition) is 1. The van der Waals surface area contributed by atoms with E-state index in [9.17, 15) is 0 Å². The highest BCUT2D eigenvalue weighted by Crippen LogP contribution is 2.70. The number of benzene rings is 4. The molecule has 0 aromatic heterocycles. The fraction of sp³-hybridized carbons (Fsp3) is 0.156. The summed E-state index contributed by atoms with van der Waals surface area (Å²) in [6.07, 6.45) is 0.788. The first kappa shape index (κ1) is 21.3. The van der Waals surface area contributed by atoms with Crippen molar-refractivity contribution in [3.63, 3.8) is 0 Å². The lowest BCUT2D eigenvalue weighted by atomic mass is 9.63. The molecule has 1 fully saturated rings. The van der Waals surface area contributed by atoms with E-state index in [1.54, 1.807) is 0 Å². The minimum Gasteiger partial charge on any atom is -0.297 e. The molecule has 2 bridgehead atoms. The van der Waals surface area contributed by atoms with E-state index < -0.39 is 10.8 Å². The van der Waals surface area contributed by atoms with Gasteiger partial charge in [0.25, 0.3) is 0 Å². The SMILES string of the molecule is O=C1C2(c3ccccc3)CC(CBr)C1(c1ccccc1)C(c1ccccc1)=C2c1ccccc1. The number of halogens is 1. The topological polar surface area (TPSA) is 17.1 Å². The van der Waals surface area contributed by atoms with Crippen LogP contribution in [0.1, 0.15) is 28.7 Å². The molecule has 0 N–H and O–H groups in total. The number of carbonyl (C=O) groups excluding carboxylic acids is 1. The van der Waals surface area contributed by atoms with Crippen molar-refractivity contribution >= 4 is 32.9 Å². The number of hydrogen-bond donors (Lipinski definition) is 0. The Bertz CT molecular complexity index is 1360. The van der Waals surface area contributed by atoms with E-state index in [4.69, 9.17) is 0 Å². The van der Waals surface area contributed by atoms with Crippen LogP contribution >= 0.6 is 15.9 Å². The van der Waals surface area contributed by atoms with Crippen molar-refractivity contribution < 1.29 is 4.79 Å². The van der Waals surface area contributed by atoms with Crippen LogP contribution in [0.4, 0.5) is 0 Å². The zero-order valence-corrected chi connectivity index (χ0v) is 20.4. The van der Waals surface area contributed by atoms with E-state index in [2.05, 4.69) is 113 Å². The van der Waals surface area contributed by atoms with E-state index in [1.807, 2.05) is 24.3 Å². The number of Topliss-reactive ketones (excluding diaryl/α,β-unsaturated/α-hetero) is 1. The number of ketones is 1. The zero-order chi connectivity index (χ0) is 23.2. The molecule has 3 unspecified atom stereocenters. The summed E-state index contributed by atoms with van der Waals surface area (Å²) in [7, 11) is 0. The quantitative estimate of drug-likeness (QED) is 0.257. The summed E-state index contributed by atoms with van der Waals surface area (Å²) in [5.74, 6) is 0.449. The molecule has 4 aromatic rings. The first-order valence-electron chi connectivity index (χ1n) is 11.8. The lowest BCUT2D eigenvalue weighted by molar-refractivity contribution is -0.123. The summed E-state index contributed by atoms with van der Waals surface area (Å²) in [6.45, 7) is 0. The van der Waals surface area contributed by atoms with Gasteiger partial charge in [0.05, 0.1) is 10.8 Å². The van der Waals surface area contributed by atoms with Crippen molar-refractivity contribution in [3.8, 4) is 0 Å². The molecular weight excluding hydrogens is 480 g/mol. The van der Waals surface area contributed by atoms with Gasteiger partial charge in [-0.05, 0) is 45.7 Å². The molecular formula is C32H25BrO.